The maximum Gasteiger partial charge on any atom is 0.269 e. The van der Waals surface area contributed by atoms with Gasteiger partial charge in [-0.05, 0) is 120 Å². The molecule has 0 bridgehead atoms. The topological polar surface area (TPSA) is 144 Å². The lowest BCUT2D eigenvalue weighted by atomic mass is 10.1. The summed E-state index contributed by atoms with van der Waals surface area (Å²) in [5.41, 5.74) is 5.22. The Morgan fingerprint density at radius 1 is 0.618 bits per heavy atom. The number of hydrogen-bond donors (Lipinski definition) is 1. The lowest BCUT2D eigenvalue weighted by Gasteiger charge is -2.21. The third kappa shape index (κ3) is 9.14. The summed E-state index contributed by atoms with van der Waals surface area (Å²) >= 11 is 4.94. The Kier molecular flexibility index (Phi) is 10.4. The number of hydrogen-bond acceptors (Lipinski definition) is 11. The zero-order chi connectivity index (χ0) is 54.8. The number of benzene rings is 4. The van der Waals surface area contributed by atoms with Crippen molar-refractivity contribution in [2.75, 3.05) is 28.6 Å². The van der Waals surface area contributed by atoms with E-state index in [4.69, 9.17) is 16.7 Å². The van der Waals surface area contributed by atoms with E-state index in [2.05, 4.69) is 0 Å². The van der Waals surface area contributed by atoms with Crippen LogP contribution in [0.4, 0.5) is 40.3 Å². The average Bonchev–Trinajstić information content (AvgIpc) is 4.22. The van der Waals surface area contributed by atoms with Crippen molar-refractivity contribution >= 4 is 91.5 Å². The number of halogens is 4. The number of thiophene rings is 4. The van der Waals surface area contributed by atoms with Gasteiger partial charge in [-0.15, -0.1) is 45.3 Å². The van der Waals surface area contributed by atoms with Crippen LogP contribution in [0.5, 0.6) is 0 Å². The van der Waals surface area contributed by atoms with Crippen LogP contribution in [0.3, 0.4) is 0 Å². The first-order valence-electron chi connectivity index (χ1n) is 24.2. The number of fused-ring (bicyclic) bond motifs is 6. The largest absolute Gasteiger partial charge is 0.399 e. The lowest BCUT2D eigenvalue weighted by molar-refractivity contribution is -0.384. The molecule has 0 spiro atoms. The Bertz CT molecular complexity index is 3690. The molecule has 2 aliphatic heterocycles. The van der Waals surface area contributed by atoms with Gasteiger partial charge in [0, 0.05) is 66.0 Å². The van der Waals surface area contributed by atoms with Crippen molar-refractivity contribution in [1.82, 2.24) is 0 Å². The van der Waals surface area contributed by atoms with Crippen molar-refractivity contribution in [3.05, 3.63) is 196 Å². The van der Waals surface area contributed by atoms with E-state index < -0.39 is 124 Å². The molecular weight excluding hydrogens is 957 g/mol. The number of ketones is 2. The van der Waals surface area contributed by atoms with Crippen LogP contribution in [-0.2, 0) is 25.7 Å². The van der Waals surface area contributed by atoms with Crippen LogP contribution in [0.25, 0.3) is 19.5 Å². The molecule has 10 rings (SSSR count). The van der Waals surface area contributed by atoms with Crippen LogP contribution < -0.4 is 15.5 Å². The number of carbonyl (C=O) groups excluding carboxylic acids is 4. The second-order valence-electron chi connectivity index (χ2n) is 15.0. The summed E-state index contributed by atoms with van der Waals surface area (Å²) in [6.07, 6.45) is -0.267. The van der Waals surface area contributed by atoms with Crippen LogP contribution in [-0.4, -0.2) is 41.4 Å². The van der Waals surface area contributed by atoms with Crippen molar-refractivity contribution in [3.63, 3.8) is 0 Å². The monoisotopic (exact) mass is 998 g/mol. The lowest BCUT2D eigenvalue weighted by Crippen LogP contribution is -2.32. The van der Waals surface area contributed by atoms with Gasteiger partial charge in [0.05, 0.1) is 56.5 Å². The quantitative estimate of drug-likeness (QED) is 0.0498. The van der Waals surface area contributed by atoms with Gasteiger partial charge >= 0.3 is 0 Å². The van der Waals surface area contributed by atoms with Gasteiger partial charge in [0.2, 0.25) is 0 Å². The third-order valence-corrected chi connectivity index (χ3v) is 15.4. The minimum absolute atomic E-state index is 0.0540. The first-order valence-corrected chi connectivity index (χ1v) is 23.6. The molecule has 342 valence electrons. The molecule has 0 radical (unpaired) electrons. The number of nitrogen functional groups attached to an aromatic ring is 1. The van der Waals surface area contributed by atoms with Crippen molar-refractivity contribution in [2.45, 2.75) is 25.7 Å². The molecule has 2 N–H and O–H groups in total. The van der Waals surface area contributed by atoms with Gasteiger partial charge in [0.15, 0.2) is 11.6 Å². The summed E-state index contributed by atoms with van der Waals surface area (Å²) in [4.78, 5) is 69.4. The molecule has 8 aromatic rings. The highest BCUT2D eigenvalue weighted by Gasteiger charge is 2.31. The fourth-order valence-electron chi connectivity index (χ4n) is 7.49. The zero-order valence-corrected chi connectivity index (χ0v) is 38.0. The standard InChI is InChI=1S/C25H16F2N2O4S2.C25H18F2N2O2S2/c26-18-2-1-3-19(27)17(18)13-21(30)22-12-15-8-10-28(20-9-11-34-24(20)23(15)35-22)25(31)14-4-6-16(7-5-14)29(32)33;26-18-2-1-3-19(27)17(18)13-21(30)22-12-15-8-10-29(20-9-11-32-24(20)23(15)33-22)25(31)14-4-6-16(28)7-5-14/h1-7,9,11-12H,8,10,13H2;1-7,9,11-12H,8,10,13,28H2/i2*4D,5D,6D,7D. The van der Waals surface area contributed by atoms with Crippen molar-refractivity contribution in [2.24, 2.45) is 0 Å². The summed E-state index contributed by atoms with van der Waals surface area (Å²) < 4.78 is 121. The van der Waals surface area contributed by atoms with Crippen molar-refractivity contribution in [1.29, 1.82) is 0 Å². The van der Waals surface area contributed by atoms with Crippen LogP contribution in [0.2, 0.25) is 0 Å². The molecule has 10 nitrogen and oxygen atoms in total. The molecule has 4 aromatic heterocycles. The maximum atomic E-state index is 14.1. The number of nitrogens with two attached hydrogens (primary N) is 1. The molecule has 18 heteroatoms. The second-order valence-corrected chi connectivity index (χ2v) is 18.9. The van der Waals surface area contributed by atoms with E-state index in [0.717, 1.165) is 51.6 Å². The molecule has 0 aliphatic carbocycles. The summed E-state index contributed by atoms with van der Waals surface area (Å²) in [7, 11) is 0. The fourth-order valence-corrected chi connectivity index (χ4v) is 12.0. The van der Waals surface area contributed by atoms with Gasteiger partial charge in [0.1, 0.15) is 23.3 Å². The SMILES string of the molecule is [2H]c1c([2H])c(C(=O)N2CCc3cc(C(=O)Cc4c(F)cccc4F)sc3-c3sccc32)c([2H])c([2H])c1N.[2H]c1c([2H])c([N+](=O)[O-])c([2H])c([2H])c1C(=O)N1CCc2cc(C(=O)Cc3c(F)cccc3F)sc2-c2sccc21. The Hall–Kier alpha value is -7.12. The third-order valence-electron chi connectivity index (χ3n) is 10.8. The van der Waals surface area contributed by atoms with E-state index in [1.54, 1.807) is 35.0 Å². The number of amides is 2. The number of nitro benzene ring substituents is 1. The molecule has 6 heterocycles. The minimum atomic E-state index is -1.02. The average molecular weight is 999 g/mol. The van der Waals surface area contributed by atoms with E-state index >= 15 is 0 Å². The van der Waals surface area contributed by atoms with Gasteiger partial charge < -0.3 is 15.5 Å². The number of Topliss-reactive ketones (excluding diaryl/α,β-unsaturated/α-hetero) is 2. The van der Waals surface area contributed by atoms with Crippen LogP contribution >= 0.6 is 45.3 Å². The highest BCUT2D eigenvalue weighted by atomic mass is 32.1. The Balaban J connectivity index is 0.000000186. The first-order chi connectivity index (χ1) is 36.1. The predicted molar refractivity (Wildman–Crippen MR) is 259 cm³/mol. The summed E-state index contributed by atoms with van der Waals surface area (Å²) in [5.74, 6) is -5.58. The van der Waals surface area contributed by atoms with Crippen molar-refractivity contribution < 1.29 is 52.6 Å². The normalized spacial score (nSPS) is 14.3. The Morgan fingerprint density at radius 2 is 1.01 bits per heavy atom. The number of nitrogens with zero attached hydrogens (tertiary/aromatic N) is 3. The van der Waals surface area contributed by atoms with Gasteiger partial charge in [0.25, 0.3) is 17.5 Å². The highest BCUT2D eigenvalue weighted by molar-refractivity contribution is 7.23. The molecule has 2 aliphatic rings. The molecule has 0 saturated carbocycles. The molecular formula is C50H34F4N4O6S4. The fraction of sp³-hybridized carbons (Fsp3) is 0.120. The molecule has 0 fully saturated rings. The van der Waals surface area contributed by atoms with E-state index in [1.165, 1.54) is 55.9 Å². The van der Waals surface area contributed by atoms with Crippen LogP contribution in [0.1, 0.15) is 73.3 Å². The summed E-state index contributed by atoms with van der Waals surface area (Å²) in [6.45, 7) is 0.213. The van der Waals surface area contributed by atoms with E-state index in [-0.39, 0.29) is 41.9 Å². The molecule has 0 atom stereocenters. The number of rotatable bonds is 9. The number of nitro groups is 1. The zero-order valence-electron chi connectivity index (χ0n) is 42.7. The molecule has 4 aromatic carbocycles. The van der Waals surface area contributed by atoms with Gasteiger partial charge in [-0.2, -0.15) is 0 Å². The maximum absolute atomic E-state index is 14.1. The molecule has 0 saturated heterocycles. The Morgan fingerprint density at radius 3 is 1.41 bits per heavy atom. The summed E-state index contributed by atoms with van der Waals surface area (Å²) in [5, 5.41) is 14.7. The van der Waals surface area contributed by atoms with E-state index in [0.29, 0.717) is 42.2 Å². The van der Waals surface area contributed by atoms with E-state index in [1.807, 2.05) is 0 Å². The van der Waals surface area contributed by atoms with Crippen LogP contribution in [0.15, 0.2) is 120 Å². The van der Waals surface area contributed by atoms with Gasteiger partial charge in [-0.1, -0.05) is 12.1 Å². The first kappa shape index (κ1) is 36.9. The van der Waals surface area contributed by atoms with Gasteiger partial charge in [-0.25, -0.2) is 17.6 Å². The Labute approximate surface area is 412 Å². The summed E-state index contributed by atoms with van der Waals surface area (Å²) in [6, 6.07) is 8.10. The minimum Gasteiger partial charge on any atom is -0.399 e. The van der Waals surface area contributed by atoms with Crippen LogP contribution in [0, 0.1) is 33.4 Å². The predicted octanol–water partition coefficient (Wildman–Crippen LogP) is 12.3. The molecule has 68 heavy (non-hydrogen) atoms. The molecule has 0 unspecified atom stereocenters. The van der Waals surface area contributed by atoms with Gasteiger partial charge in [-0.3, -0.25) is 29.3 Å². The van der Waals surface area contributed by atoms with Crippen molar-refractivity contribution in [3.8, 4) is 19.5 Å². The number of anilines is 3. The smallest absolute Gasteiger partial charge is 0.269 e. The van der Waals surface area contributed by atoms with E-state index in [9.17, 15) is 46.9 Å². The second kappa shape index (κ2) is 19.2. The molecule has 2 amide bonds. The number of carbonyl (C=O) groups is 4. The highest BCUT2D eigenvalue weighted by Crippen LogP contribution is 2.47.